The molecule has 1 aromatic carbocycles. The van der Waals surface area contributed by atoms with Crippen molar-refractivity contribution in [3.63, 3.8) is 0 Å². The van der Waals surface area contributed by atoms with E-state index in [4.69, 9.17) is 0 Å². The van der Waals surface area contributed by atoms with Crippen LogP contribution >= 0.6 is 27.3 Å². The number of thiazole rings is 1. The second-order valence-corrected chi connectivity index (χ2v) is 6.89. The zero-order valence-corrected chi connectivity index (χ0v) is 14.1. The molecule has 0 aliphatic rings. The zero-order valence-electron chi connectivity index (χ0n) is 11.7. The molecule has 114 valence electrons. The highest BCUT2D eigenvalue weighted by molar-refractivity contribution is 9.10. The minimum absolute atomic E-state index is 0.0728. The summed E-state index contributed by atoms with van der Waals surface area (Å²) in [6.07, 6.45) is -4.40. The lowest BCUT2D eigenvalue weighted by molar-refractivity contribution is -0.137. The molecule has 7 heteroatoms. The van der Waals surface area contributed by atoms with E-state index in [2.05, 4.69) is 26.2 Å². The molecular formula is C14H14BrF3N2S. The minimum Gasteiger partial charge on any atom is -0.377 e. The Labute approximate surface area is 133 Å². The van der Waals surface area contributed by atoms with Gasteiger partial charge < -0.3 is 5.32 Å². The summed E-state index contributed by atoms with van der Waals surface area (Å²) in [5, 5.41) is 3.85. The van der Waals surface area contributed by atoms with E-state index in [0.717, 1.165) is 21.6 Å². The van der Waals surface area contributed by atoms with Gasteiger partial charge in [-0.2, -0.15) is 13.2 Å². The SMILES string of the molecule is Cc1nc(C)c(C(C)Nc2ccc(Br)cc2C(F)(F)F)s1. The van der Waals surface area contributed by atoms with Crippen LogP contribution in [0.5, 0.6) is 0 Å². The fourth-order valence-corrected chi connectivity index (χ4v) is 3.42. The van der Waals surface area contributed by atoms with Crippen molar-refractivity contribution in [2.45, 2.75) is 33.0 Å². The molecular weight excluding hydrogens is 365 g/mol. The molecule has 0 fully saturated rings. The normalized spacial score (nSPS) is 13.3. The van der Waals surface area contributed by atoms with Crippen molar-refractivity contribution in [1.29, 1.82) is 0 Å². The van der Waals surface area contributed by atoms with E-state index in [0.29, 0.717) is 4.47 Å². The summed E-state index contributed by atoms with van der Waals surface area (Å²) < 4.78 is 39.7. The third kappa shape index (κ3) is 3.77. The molecule has 0 radical (unpaired) electrons. The second-order valence-electron chi connectivity index (χ2n) is 4.74. The number of hydrogen-bond donors (Lipinski definition) is 1. The van der Waals surface area contributed by atoms with Crippen LogP contribution in [0.3, 0.4) is 0 Å². The third-order valence-corrected chi connectivity index (χ3v) is 4.74. The molecule has 0 bridgehead atoms. The van der Waals surface area contributed by atoms with E-state index >= 15 is 0 Å². The Morgan fingerprint density at radius 1 is 1.29 bits per heavy atom. The van der Waals surface area contributed by atoms with E-state index in [9.17, 15) is 13.2 Å². The van der Waals surface area contributed by atoms with E-state index < -0.39 is 11.7 Å². The van der Waals surface area contributed by atoms with Gasteiger partial charge in [0.2, 0.25) is 0 Å². The summed E-state index contributed by atoms with van der Waals surface area (Å²) in [7, 11) is 0. The third-order valence-electron chi connectivity index (χ3n) is 2.99. The maximum Gasteiger partial charge on any atom is 0.418 e. The molecule has 0 aliphatic carbocycles. The van der Waals surface area contributed by atoms with Crippen LogP contribution < -0.4 is 5.32 Å². The lowest BCUT2D eigenvalue weighted by Crippen LogP contribution is -2.13. The summed E-state index contributed by atoms with van der Waals surface area (Å²) in [5.74, 6) is 0. The average Bonchev–Trinajstić information content (AvgIpc) is 2.69. The Hall–Kier alpha value is -1.08. The first-order valence-corrected chi connectivity index (χ1v) is 7.86. The van der Waals surface area contributed by atoms with Gasteiger partial charge in [0, 0.05) is 15.0 Å². The molecule has 0 spiro atoms. The van der Waals surface area contributed by atoms with Crippen LogP contribution in [0.25, 0.3) is 0 Å². The summed E-state index contributed by atoms with van der Waals surface area (Å²) in [6, 6.07) is 3.88. The lowest BCUT2D eigenvalue weighted by atomic mass is 10.1. The quantitative estimate of drug-likeness (QED) is 0.739. The Kier molecular flexibility index (Phi) is 4.63. The Morgan fingerprint density at radius 3 is 2.48 bits per heavy atom. The maximum absolute atomic E-state index is 13.1. The van der Waals surface area contributed by atoms with Crippen molar-refractivity contribution in [2.75, 3.05) is 5.32 Å². The lowest BCUT2D eigenvalue weighted by Gasteiger charge is -2.19. The average molecular weight is 379 g/mol. The highest BCUT2D eigenvalue weighted by Gasteiger charge is 2.34. The van der Waals surface area contributed by atoms with Gasteiger partial charge in [0.1, 0.15) is 0 Å². The number of alkyl halides is 3. The van der Waals surface area contributed by atoms with Crippen LogP contribution in [-0.4, -0.2) is 4.98 Å². The maximum atomic E-state index is 13.1. The topological polar surface area (TPSA) is 24.9 Å². The molecule has 2 aromatic rings. The number of halogens is 4. The molecule has 2 nitrogen and oxygen atoms in total. The first-order valence-electron chi connectivity index (χ1n) is 6.25. The van der Waals surface area contributed by atoms with Crippen molar-refractivity contribution < 1.29 is 13.2 Å². The minimum atomic E-state index is -4.40. The highest BCUT2D eigenvalue weighted by Crippen LogP contribution is 2.38. The molecule has 1 unspecified atom stereocenters. The fraction of sp³-hybridized carbons (Fsp3) is 0.357. The standard InChI is InChI=1S/C14H14BrF3N2S/c1-7-13(21-9(3)19-7)8(2)20-12-5-4-10(15)6-11(12)14(16,17)18/h4-6,8,20H,1-3H3. The highest BCUT2D eigenvalue weighted by atomic mass is 79.9. The van der Waals surface area contributed by atoms with Gasteiger partial charge in [-0.15, -0.1) is 11.3 Å². The number of rotatable bonds is 3. The van der Waals surface area contributed by atoms with Crippen LogP contribution in [0.2, 0.25) is 0 Å². The number of hydrogen-bond acceptors (Lipinski definition) is 3. The summed E-state index contributed by atoms with van der Waals surface area (Å²) in [5.41, 5.74) is 0.245. The Balaban J connectivity index is 2.33. The van der Waals surface area contributed by atoms with Crippen molar-refractivity contribution in [3.8, 4) is 0 Å². The molecule has 0 amide bonds. The van der Waals surface area contributed by atoms with E-state index in [-0.39, 0.29) is 11.7 Å². The van der Waals surface area contributed by atoms with Gasteiger partial charge in [-0.3, -0.25) is 0 Å². The number of anilines is 1. The monoisotopic (exact) mass is 378 g/mol. The number of aryl methyl sites for hydroxylation is 2. The number of nitrogens with one attached hydrogen (secondary N) is 1. The van der Waals surface area contributed by atoms with Crippen LogP contribution in [-0.2, 0) is 6.18 Å². The van der Waals surface area contributed by atoms with Crippen LogP contribution in [0.4, 0.5) is 18.9 Å². The molecule has 1 heterocycles. The van der Waals surface area contributed by atoms with Gasteiger partial charge in [0.05, 0.1) is 22.3 Å². The summed E-state index contributed by atoms with van der Waals surface area (Å²) in [6.45, 7) is 5.58. The molecule has 1 aromatic heterocycles. The van der Waals surface area contributed by atoms with Gasteiger partial charge in [-0.25, -0.2) is 4.98 Å². The van der Waals surface area contributed by atoms with Crippen molar-refractivity contribution >= 4 is 33.0 Å². The molecule has 1 atom stereocenters. The van der Waals surface area contributed by atoms with Gasteiger partial charge in [-0.05, 0) is 39.0 Å². The predicted octanol–water partition coefficient (Wildman–Crippen LogP) is 5.71. The molecule has 0 saturated heterocycles. The first kappa shape index (κ1) is 16.3. The fourth-order valence-electron chi connectivity index (χ4n) is 2.12. The van der Waals surface area contributed by atoms with Crippen LogP contribution in [0, 0.1) is 13.8 Å². The van der Waals surface area contributed by atoms with Gasteiger partial charge in [-0.1, -0.05) is 15.9 Å². The smallest absolute Gasteiger partial charge is 0.377 e. The van der Waals surface area contributed by atoms with Crippen LogP contribution in [0.1, 0.15) is 34.1 Å². The molecule has 21 heavy (non-hydrogen) atoms. The number of benzene rings is 1. The summed E-state index contributed by atoms with van der Waals surface area (Å²) >= 11 is 4.57. The van der Waals surface area contributed by atoms with E-state index in [1.165, 1.54) is 17.4 Å². The Morgan fingerprint density at radius 2 is 1.95 bits per heavy atom. The number of aromatic nitrogens is 1. The van der Waals surface area contributed by atoms with Gasteiger partial charge >= 0.3 is 6.18 Å². The summed E-state index contributed by atoms with van der Waals surface area (Å²) in [4.78, 5) is 5.26. The predicted molar refractivity (Wildman–Crippen MR) is 82.8 cm³/mol. The first-order chi connectivity index (χ1) is 9.68. The van der Waals surface area contributed by atoms with Gasteiger partial charge in [0.15, 0.2) is 0 Å². The van der Waals surface area contributed by atoms with Crippen molar-refractivity contribution in [2.24, 2.45) is 0 Å². The zero-order chi connectivity index (χ0) is 15.8. The largest absolute Gasteiger partial charge is 0.418 e. The Bertz CT molecular complexity index is 652. The number of nitrogens with zero attached hydrogens (tertiary/aromatic N) is 1. The van der Waals surface area contributed by atoms with E-state index in [1.807, 2.05) is 20.8 Å². The van der Waals surface area contributed by atoms with Crippen molar-refractivity contribution in [1.82, 2.24) is 4.98 Å². The molecule has 0 saturated carbocycles. The van der Waals surface area contributed by atoms with Crippen LogP contribution in [0.15, 0.2) is 22.7 Å². The van der Waals surface area contributed by atoms with Gasteiger partial charge in [0.25, 0.3) is 0 Å². The molecule has 1 N–H and O–H groups in total. The van der Waals surface area contributed by atoms with Crippen molar-refractivity contribution in [3.05, 3.63) is 43.8 Å². The molecule has 2 rings (SSSR count). The second kappa shape index (κ2) is 5.96. The van der Waals surface area contributed by atoms with E-state index in [1.54, 1.807) is 6.07 Å². The molecule has 0 aliphatic heterocycles.